The first-order valence-electron chi connectivity index (χ1n) is 9.90. The number of benzene rings is 2. The minimum atomic E-state index is -0.214. The number of ether oxygens (including phenoxy) is 1. The molecular formula is C23H28N2O3. The van der Waals surface area contributed by atoms with E-state index < -0.39 is 0 Å². The highest BCUT2D eigenvalue weighted by atomic mass is 16.5. The molecule has 3 rings (SSSR count). The topological polar surface area (TPSA) is 58.6 Å². The van der Waals surface area contributed by atoms with E-state index in [2.05, 4.69) is 19.2 Å². The first-order chi connectivity index (χ1) is 13.5. The van der Waals surface area contributed by atoms with Gasteiger partial charge in [-0.25, -0.2) is 0 Å². The number of anilines is 1. The summed E-state index contributed by atoms with van der Waals surface area (Å²) in [6.07, 6.45) is 2.60. The van der Waals surface area contributed by atoms with Gasteiger partial charge in [0.15, 0.2) is 6.61 Å². The molecule has 0 unspecified atom stereocenters. The molecule has 2 aromatic carbocycles. The molecule has 2 amide bonds. The molecule has 1 aliphatic heterocycles. The Bertz CT molecular complexity index is 792. The number of nitrogens with one attached hydrogen (secondary N) is 1. The molecule has 0 saturated carbocycles. The lowest BCUT2D eigenvalue weighted by Gasteiger charge is -2.15. The molecule has 0 radical (unpaired) electrons. The van der Waals surface area contributed by atoms with Crippen molar-refractivity contribution in [1.29, 1.82) is 0 Å². The average Bonchev–Trinajstić information content (AvgIpc) is 3.23. The standard InChI is InChI=1S/C23H28N2O3/c1-17(2)19-7-11-21(12-8-19)28-16-22(26)24-20-9-5-18(6-10-20)15-23(27)25-13-3-4-14-25/h5-12,17H,3-4,13-16H2,1-2H3,(H,24,26). The summed E-state index contributed by atoms with van der Waals surface area (Å²) in [6, 6.07) is 15.2. The van der Waals surface area contributed by atoms with Gasteiger partial charge in [-0.15, -0.1) is 0 Å². The molecule has 1 fully saturated rings. The van der Waals surface area contributed by atoms with Crippen LogP contribution in [0.1, 0.15) is 43.7 Å². The van der Waals surface area contributed by atoms with Crippen LogP contribution >= 0.6 is 0 Å². The Morgan fingerprint density at radius 2 is 1.64 bits per heavy atom. The summed E-state index contributed by atoms with van der Waals surface area (Å²) in [5, 5.41) is 2.82. The van der Waals surface area contributed by atoms with Gasteiger partial charge in [-0.1, -0.05) is 38.1 Å². The third kappa shape index (κ3) is 5.59. The number of rotatable bonds is 7. The second kappa shape index (κ2) is 9.40. The van der Waals surface area contributed by atoms with Crippen LogP contribution in [0.5, 0.6) is 5.75 Å². The van der Waals surface area contributed by atoms with Crippen LogP contribution in [0.25, 0.3) is 0 Å². The van der Waals surface area contributed by atoms with Gasteiger partial charge in [0.25, 0.3) is 5.91 Å². The fraction of sp³-hybridized carbons (Fsp3) is 0.391. The van der Waals surface area contributed by atoms with Gasteiger partial charge in [0.1, 0.15) is 5.75 Å². The molecule has 5 nitrogen and oxygen atoms in total. The Balaban J connectivity index is 1.45. The number of hydrogen-bond donors (Lipinski definition) is 1. The molecule has 1 saturated heterocycles. The molecule has 1 N–H and O–H groups in total. The molecule has 0 aliphatic carbocycles. The van der Waals surface area contributed by atoms with Crippen molar-refractivity contribution in [2.24, 2.45) is 0 Å². The van der Waals surface area contributed by atoms with Crippen molar-refractivity contribution >= 4 is 17.5 Å². The number of hydrogen-bond acceptors (Lipinski definition) is 3. The Labute approximate surface area is 166 Å². The summed E-state index contributed by atoms with van der Waals surface area (Å²) < 4.78 is 5.55. The number of nitrogens with zero attached hydrogens (tertiary/aromatic N) is 1. The molecule has 0 atom stereocenters. The predicted octanol–water partition coefficient (Wildman–Crippen LogP) is 3.99. The van der Waals surface area contributed by atoms with Crippen LogP contribution in [0.15, 0.2) is 48.5 Å². The van der Waals surface area contributed by atoms with Gasteiger partial charge in [-0.3, -0.25) is 9.59 Å². The molecule has 1 heterocycles. The highest BCUT2D eigenvalue weighted by molar-refractivity contribution is 5.92. The SMILES string of the molecule is CC(C)c1ccc(OCC(=O)Nc2ccc(CC(=O)N3CCCC3)cc2)cc1. The Morgan fingerprint density at radius 1 is 1.00 bits per heavy atom. The smallest absolute Gasteiger partial charge is 0.262 e. The van der Waals surface area contributed by atoms with E-state index >= 15 is 0 Å². The zero-order chi connectivity index (χ0) is 19.9. The summed E-state index contributed by atoms with van der Waals surface area (Å²) in [5.41, 5.74) is 2.89. The normalized spacial score (nSPS) is 13.6. The number of carbonyl (C=O) groups excluding carboxylic acids is 2. The van der Waals surface area contributed by atoms with Gasteiger partial charge in [-0.05, 0) is 54.2 Å². The Kier molecular flexibility index (Phi) is 6.69. The Morgan fingerprint density at radius 3 is 2.25 bits per heavy atom. The molecular weight excluding hydrogens is 352 g/mol. The molecule has 5 heteroatoms. The van der Waals surface area contributed by atoms with E-state index in [1.165, 1.54) is 5.56 Å². The minimum Gasteiger partial charge on any atom is -0.484 e. The lowest BCUT2D eigenvalue weighted by Crippen LogP contribution is -2.29. The zero-order valence-electron chi connectivity index (χ0n) is 16.6. The van der Waals surface area contributed by atoms with E-state index in [-0.39, 0.29) is 18.4 Å². The summed E-state index contributed by atoms with van der Waals surface area (Å²) in [7, 11) is 0. The van der Waals surface area contributed by atoms with Crippen LogP contribution in [-0.4, -0.2) is 36.4 Å². The Hall–Kier alpha value is -2.82. The first-order valence-corrected chi connectivity index (χ1v) is 9.90. The second-order valence-corrected chi connectivity index (χ2v) is 7.52. The number of carbonyl (C=O) groups is 2. The molecule has 1 aliphatic rings. The summed E-state index contributed by atoms with van der Waals surface area (Å²) in [4.78, 5) is 26.2. The lowest BCUT2D eigenvalue weighted by molar-refractivity contribution is -0.129. The molecule has 0 bridgehead atoms. The van der Waals surface area contributed by atoms with Crippen molar-refractivity contribution in [3.05, 3.63) is 59.7 Å². The zero-order valence-corrected chi connectivity index (χ0v) is 16.6. The maximum atomic E-state index is 12.2. The van der Waals surface area contributed by atoms with E-state index in [0.717, 1.165) is 31.5 Å². The molecule has 28 heavy (non-hydrogen) atoms. The van der Waals surface area contributed by atoms with Crippen molar-refractivity contribution in [3.63, 3.8) is 0 Å². The van der Waals surface area contributed by atoms with Crippen molar-refractivity contribution in [3.8, 4) is 5.75 Å². The van der Waals surface area contributed by atoms with Crippen LogP contribution in [-0.2, 0) is 16.0 Å². The van der Waals surface area contributed by atoms with Gasteiger partial charge in [0, 0.05) is 18.8 Å². The third-order valence-corrected chi connectivity index (χ3v) is 4.97. The number of amides is 2. The third-order valence-electron chi connectivity index (χ3n) is 4.97. The van der Waals surface area contributed by atoms with Crippen LogP contribution in [0.3, 0.4) is 0 Å². The van der Waals surface area contributed by atoms with Crippen LogP contribution in [0, 0.1) is 0 Å². The highest BCUT2D eigenvalue weighted by Gasteiger charge is 2.17. The summed E-state index contributed by atoms with van der Waals surface area (Å²) in [6.45, 7) is 5.96. The van der Waals surface area contributed by atoms with Gasteiger partial charge in [0.05, 0.1) is 6.42 Å². The quantitative estimate of drug-likeness (QED) is 0.790. The monoisotopic (exact) mass is 380 g/mol. The van der Waals surface area contributed by atoms with E-state index in [9.17, 15) is 9.59 Å². The van der Waals surface area contributed by atoms with Crippen molar-refractivity contribution in [2.45, 2.75) is 39.0 Å². The maximum absolute atomic E-state index is 12.2. The largest absolute Gasteiger partial charge is 0.484 e. The maximum Gasteiger partial charge on any atom is 0.262 e. The van der Waals surface area contributed by atoms with E-state index in [4.69, 9.17) is 4.74 Å². The molecule has 0 spiro atoms. The number of likely N-dealkylation sites (tertiary alicyclic amines) is 1. The molecule has 148 valence electrons. The highest BCUT2D eigenvalue weighted by Crippen LogP contribution is 2.19. The van der Waals surface area contributed by atoms with Crippen molar-refractivity contribution in [1.82, 2.24) is 4.90 Å². The van der Waals surface area contributed by atoms with Gasteiger partial charge in [0.2, 0.25) is 5.91 Å². The fourth-order valence-corrected chi connectivity index (χ4v) is 3.25. The molecule has 2 aromatic rings. The van der Waals surface area contributed by atoms with E-state index in [0.29, 0.717) is 23.8 Å². The summed E-state index contributed by atoms with van der Waals surface area (Å²) >= 11 is 0. The fourth-order valence-electron chi connectivity index (χ4n) is 3.25. The summed E-state index contributed by atoms with van der Waals surface area (Å²) in [5.74, 6) is 1.10. The molecule has 0 aromatic heterocycles. The van der Waals surface area contributed by atoms with Gasteiger partial charge >= 0.3 is 0 Å². The average molecular weight is 380 g/mol. The van der Waals surface area contributed by atoms with Crippen molar-refractivity contribution < 1.29 is 14.3 Å². The van der Waals surface area contributed by atoms with Crippen LogP contribution in [0.4, 0.5) is 5.69 Å². The van der Waals surface area contributed by atoms with Crippen molar-refractivity contribution in [2.75, 3.05) is 25.0 Å². The van der Waals surface area contributed by atoms with Gasteiger partial charge < -0.3 is 15.0 Å². The predicted molar refractivity (Wildman–Crippen MR) is 111 cm³/mol. The van der Waals surface area contributed by atoms with Crippen LogP contribution < -0.4 is 10.1 Å². The van der Waals surface area contributed by atoms with E-state index in [1.54, 1.807) is 0 Å². The first kappa shape index (κ1) is 19.9. The minimum absolute atomic E-state index is 0.0454. The van der Waals surface area contributed by atoms with Crippen LogP contribution in [0.2, 0.25) is 0 Å². The lowest BCUT2D eigenvalue weighted by atomic mass is 10.0. The van der Waals surface area contributed by atoms with E-state index in [1.807, 2.05) is 53.4 Å². The van der Waals surface area contributed by atoms with Gasteiger partial charge in [-0.2, -0.15) is 0 Å². The second-order valence-electron chi connectivity index (χ2n) is 7.52.